The molecule has 1 aromatic rings. The number of nitrogens with one attached hydrogen (secondary N) is 1. The second kappa shape index (κ2) is 7.88. The van der Waals surface area contributed by atoms with Gasteiger partial charge in [-0.3, -0.25) is 9.78 Å². The van der Waals surface area contributed by atoms with Crippen LogP contribution in [0.3, 0.4) is 0 Å². The van der Waals surface area contributed by atoms with Crippen molar-refractivity contribution >= 4 is 11.6 Å². The molecule has 1 amide bonds. The van der Waals surface area contributed by atoms with Gasteiger partial charge in [-0.2, -0.15) is 0 Å². The Balaban J connectivity index is 1.68. The lowest BCUT2D eigenvalue weighted by Gasteiger charge is -2.33. The maximum atomic E-state index is 11.6. The van der Waals surface area contributed by atoms with Gasteiger partial charge < -0.3 is 10.2 Å². The van der Waals surface area contributed by atoms with Crippen LogP contribution in [0.25, 0.3) is 0 Å². The SMILES string of the molecule is CCCCC(=O)NCC1CCN(c2cccnc2)CC1. The van der Waals surface area contributed by atoms with Crippen molar-refractivity contribution in [1.82, 2.24) is 10.3 Å². The Labute approximate surface area is 121 Å². The lowest BCUT2D eigenvalue weighted by molar-refractivity contribution is -0.121. The molecule has 0 radical (unpaired) electrons. The van der Waals surface area contributed by atoms with Crippen LogP contribution in [-0.2, 0) is 4.79 Å². The second-order valence-corrected chi connectivity index (χ2v) is 5.55. The van der Waals surface area contributed by atoms with Gasteiger partial charge in [0.25, 0.3) is 0 Å². The predicted octanol–water partition coefficient (Wildman–Crippen LogP) is 2.60. The maximum absolute atomic E-state index is 11.6. The molecule has 0 spiro atoms. The standard InChI is InChI=1S/C16H25N3O/c1-2-3-6-16(20)18-12-14-7-10-19(11-8-14)15-5-4-9-17-13-15/h4-5,9,13-14H,2-3,6-8,10-12H2,1H3,(H,18,20). The van der Waals surface area contributed by atoms with Crippen LogP contribution in [0.15, 0.2) is 24.5 Å². The molecule has 0 bridgehead atoms. The number of carbonyl (C=O) groups excluding carboxylic acids is 1. The van der Waals surface area contributed by atoms with Crippen molar-refractivity contribution in [3.8, 4) is 0 Å². The molecule has 0 saturated carbocycles. The van der Waals surface area contributed by atoms with E-state index in [0.717, 1.165) is 45.3 Å². The third-order valence-electron chi connectivity index (χ3n) is 3.97. The molecular weight excluding hydrogens is 250 g/mol. The van der Waals surface area contributed by atoms with E-state index in [1.165, 1.54) is 5.69 Å². The van der Waals surface area contributed by atoms with Gasteiger partial charge in [-0.25, -0.2) is 0 Å². The highest BCUT2D eigenvalue weighted by molar-refractivity contribution is 5.75. The molecule has 2 rings (SSSR count). The topological polar surface area (TPSA) is 45.2 Å². The molecule has 0 aromatic carbocycles. The Morgan fingerprint density at radius 3 is 2.90 bits per heavy atom. The van der Waals surface area contributed by atoms with Gasteiger partial charge in [-0.05, 0) is 37.3 Å². The minimum Gasteiger partial charge on any atom is -0.370 e. The smallest absolute Gasteiger partial charge is 0.220 e. The maximum Gasteiger partial charge on any atom is 0.220 e. The fraction of sp³-hybridized carbons (Fsp3) is 0.625. The van der Waals surface area contributed by atoms with Gasteiger partial charge in [-0.15, -0.1) is 0 Å². The summed E-state index contributed by atoms with van der Waals surface area (Å²) in [5.41, 5.74) is 1.21. The van der Waals surface area contributed by atoms with Crippen LogP contribution < -0.4 is 10.2 Å². The highest BCUT2D eigenvalue weighted by Crippen LogP contribution is 2.21. The normalized spacial score (nSPS) is 16.1. The fourth-order valence-corrected chi connectivity index (χ4v) is 2.62. The predicted molar refractivity (Wildman–Crippen MR) is 81.7 cm³/mol. The number of rotatable bonds is 6. The van der Waals surface area contributed by atoms with Crippen molar-refractivity contribution < 1.29 is 4.79 Å². The minimum absolute atomic E-state index is 0.210. The summed E-state index contributed by atoms with van der Waals surface area (Å²) >= 11 is 0. The molecule has 1 aliphatic heterocycles. The van der Waals surface area contributed by atoms with Gasteiger partial charge in [0.2, 0.25) is 5.91 Å². The summed E-state index contributed by atoms with van der Waals surface area (Å²) in [5, 5.41) is 3.07. The molecule has 0 atom stereocenters. The number of aromatic nitrogens is 1. The number of nitrogens with zero attached hydrogens (tertiary/aromatic N) is 2. The summed E-state index contributed by atoms with van der Waals surface area (Å²) in [6.45, 7) is 5.06. The molecule has 1 N–H and O–H groups in total. The summed E-state index contributed by atoms with van der Waals surface area (Å²) in [7, 11) is 0. The number of hydrogen-bond donors (Lipinski definition) is 1. The third kappa shape index (κ3) is 4.51. The zero-order valence-electron chi connectivity index (χ0n) is 12.3. The van der Waals surface area contributed by atoms with Crippen molar-refractivity contribution in [2.75, 3.05) is 24.5 Å². The Bertz CT molecular complexity index is 399. The molecule has 1 saturated heterocycles. The fourth-order valence-electron chi connectivity index (χ4n) is 2.62. The summed E-state index contributed by atoms with van der Waals surface area (Å²) in [4.78, 5) is 18.1. The first kappa shape index (κ1) is 14.8. The van der Waals surface area contributed by atoms with Gasteiger partial charge in [0.05, 0.1) is 11.9 Å². The molecule has 1 aliphatic rings. The van der Waals surface area contributed by atoms with E-state index in [1.54, 1.807) is 0 Å². The molecule has 0 unspecified atom stereocenters. The van der Waals surface area contributed by atoms with E-state index < -0.39 is 0 Å². The van der Waals surface area contributed by atoms with Crippen LogP contribution in [0.5, 0.6) is 0 Å². The number of pyridine rings is 1. The number of anilines is 1. The number of piperidine rings is 1. The van der Waals surface area contributed by atoms with Crippen molar-refractivity contribution in [1.29, 1.82) is 0 Å². The van der Waals surface area contributed by atoms with Crippen LogP contribution in [0.1, 0.15) is 39.0 Å². The molecule has 2 heterocycles. The van der Waals surface area contributed by atoms with E-state index in [1.807, 2.05) is 18.5 Å². The third-order valence-corrected chi connectivity index (χ3v) is 3.97. The van der Waals surface area contributed by atoms with E-state index >= 15 is 0 Å². The summed E-state index contributed by atoms with van der Waals surface area (Å²) in [6, 6.07) is 4.09. The van der Waals surface area contributed by atoms with Crippen molar-refractivity contribution in [3.05, 3.63) is 24.5 Å². The van der Waals surface area contributed by atoms with Gasteiger partial charge in [0.15, 0.2) is 0 Å². The Morgan fingerprint density at radius 2 is 2.25 bits per heavy atom. The first-order valence-corrected chi connectivity index (χ1v) is 7.71. The van der Waals surface area contributed by atoms with Gasteiger partial charge in [0, 0.05) is 32.3 Å². The quantitative estimate of drug-likeness (QED) is 0.868. The Morgan fingerprint density at radius 1 is 1.45 bits per heavy atom. The summed E-state index contributed by atoms with van der Waals surface area (Å²) in [5.74, 6) is 0.829. The summed E-state index contributed by atoms with van der Waals surface area (Å²) < 4.78 is 0. The van der Waals surface area contributed by atoms with Crippen LogP contribution in [-0.4, -0.2) is 30.5 Å². The average Bonchev–Trinajstić information content (AvgIpc) is 2.52. The number of hydrogen-bond acceptors (Lipinski definition) is 3. The Hall–Kier alpha value is -1.58. The first-order chi connectivity index (χ1) is 9.79. The molecule has 110 valence electrons. The highest BCUT2D eigenvalue weighted by Gasteiger charge is 2.19. The molecule has 1 aromatic heterocycles. The zero-order chi connectivity index (χ0) is 14.2. The van der Waals surface area contributed by atoms with Gasteiger partial charge in [-0.1, -0.05) is 13.3 Å². The number of carbonyl (C=O) groups is 1. The highest BCUT2D eigenvalue weighted by atomic mass is 16.1. The second-order valence-electron chi connectivity index (χ2n) is 5.55. The van der Waals surface area contributed by atoms with Gasteiger partial charge >= 0.3 is 0 Å². The summed E-state index contributed by atoms with van der Waals surface area (Å²) in [6.07, 6.45) is 8.76. The molecule has 4 nitrogen and oxygen atoms in total. The monoisotopic (exact) mass is 275 g/mol. The van der Waals surface area contributed by atoms with E-state index in [4.69, 9.17) is 0 Å². The van der Waals surface area contributed by atoms with Crippen LogP contribution in [0.4, 0.5) is 5.69 Å². The molecule has 20 heavy (non-hydrogen) atoms. The van der Waals surface area contributed by atoms with E-state index in [-0.39, 0.29) is 5.91 Å². The van der Waals surface area contributed by atoms with Crippen molar-refractivity contribution in [3.63, 3.8) is 0 Å². The van der Waals surface area contributed by atoms with Crippen molar-refractivity contribution in [2.24, 2.45) is 5.92 Å². The number of amides is 1. The molecule has 0 aliphatic carbocycles. The molecular formula is C16H25N3O. The first-order valence-electron chi connectivity index (χ1n) is 7.71. The van der Waals surface area contributed by atoms with E-state index in [2.05, 4.69) is 28.2 Å². The van der Waals surface area contributed by atoms with E-state index in [0.29, 0.717) is 12.3 Å². The molecule has 4 heteroatoms. The van der Waals surface area contributed by atoms with Crippen LogP contribution in [0, 0.1) is 5.92 Å². The van der Waals surface area contributed by atoms with Gasteiger partial charge in [0.1, 0.15) is 0 Å². The van der Waals surface area contributed by atoms with Crippen molar-refractivity contribution in [2.45, 2.75) is 39.0 Å². The van der Waals surface area contributed by atoms with E-state index in [9.17, 15) is 4.79 Å². The van der Waals surface area contributed by atoms with Crippen LogP contribution in [0.2, 0.25) is 0 Å². The van der Waals surface area contributed by atoms with Crippen LogP contribution >= 0.6 is 0 Å². The number of unbranched alkanes of at least 4 members (excludes halogenated alkanes) is 1. The largest absolute Gasteiger partial charge is 0.370 e. The lowest BCUT2D eigenvalue weighted by atomic mass is 9.96. The minimum atomic E-state index is 0.210. The zero-order valence-corrected chi connectivity index (χ0v) is 12.3. The lowest BCUT2D eigenvalue weighted by Crippen LogP contribution is -2.38. The molecule has 1 fully saturated rings. The average molecular weight is 275 g/mol. The Kier molecular flexibility index (Phi) is 5.84.